The Labute approximate surface area is 337 Å². The van der Waals surface area contributed by atoms with Crippen LogP contribution < -0.4 is 14.5 Å². The molecule has 0 fully saturated rings. The van der Waals surface area contributed by atoms with Crippen LogP contribution in [0.5, 0.6) is 23.0 Å². The quantitative estimate of drug-likeness (QED) is 0.0502. The summed E-state index contributed by atoms with van der Waals surface area (Å²) < 4.78 is 11.3. The van der Waals surface area contributed by atoms with E-state index in [1.165, 1.54) is 18.2 Å². The zero-order valence-electron chi connectivity index (χ0n) is 33.7. The number of hydrogen-bond donors (Lipinski definition) is 3. The molecule has 0 aliphatic carbocycles. The second kappa shape index (κ2) is 19.6. The topological polar surface area (TPSA) is 123 Å². The number of allylic oxidation sites excluding steroid dienone is 2. The van der Waals surface area contributed by atoms with Crippen LogP contribution in [0, 0.1) is 17.8 Å². The second-order valence-electron chi connectivity index (χ2n) is 15.3. The lowest BCUT2D eigenvalue weighted by Crippen LogP contribution is -2.31. The van der Waals surface area contributed by atoms with Crippen molar-refractivity contribution < 1.29 is 29.6 Å². The van der Waals surface area contributed by atoms with Crippen molar-refractivity contribution in [2.45, 2.75) is 90.6 Å². The number of phenols is 2. The summed E-state index contributed by atoms with van der Waals surface area (Å²) in [5, 5.41) is 35.8. The van der Waals surface area contributed by atoms with Crippen molar-refractivity contribution in [3.63, 3.8) is 0 Å². The zero-order valence-corrected chi connectivity index (χ0v) is 33.7. The first kappa shape index (κ1) is 41.2. The van der Waals surface area contributed by atoms with Crippen LogP contribution in [0.3, 0.4) is 0 Å². The van der Waals surface area contributed by atoms with E-state index < -0.39 is 12.0 Å². The number of phenolic OH excluding ortho intramolecular Hbond substituents is 2. The van der Waals surface area contributed by atoms with Crippen LogP contribution >= 0.6 is 0 Å². The number of fused-ring (bicyclic) bond motifs is 1. The molecule has 0 bridgehead atoms. The van der Waals surface area contributed by atoms with E-state index >= 15 is 0 Å². The molecule has 0 saturated carbocycles. The summed E-state index contributed by atoms with van der Waals surface area (Å²) in [4.78, 5) is 23.4. The van der Waals surface area contributed by atoms with Gasteiger partial charge < -0.3 is 29.8 Å². The van der Waals surface area contributed by atoms with E-state index in [0.717, 1.165) is 76.7 Å². The van der Waals surface area contributed by atoms with Crippen molar-refractivity contribution in [2.75, 3.05) is 14.2 Å². The Balaban J connectivity index is 1.30. The predicted octanol–water partition coefficient (Wildman–Crippen LogP) is 9.47. The number of unbranched alkanes of at least 4 members (excludes halogenated alkanes) is 2. The van der Waals surface area contributed by atoms with Gasteiger partial charge in [-0.15, -0.1) is 4.99 Å². The number of aromatic nitrogens is 1. The molecule has 1 aromatic heterocycles. The molecule has 0 spiro atoms. The fourth-order valence-corrected chi connectivity index (χ4v) is 8.25. The molecule has 298 valence electrons. The number of carbonyl (C=O) groups is 1. The first-order valence-corrected chi connectivity index (χ1v) is 20.3. The third-order valence-electron chi connectivity index (χ3n) is 11.4. The first-order chi connectivity index (χ1) is 27.7. The van der Waals surface area contributed by atoms with Gasteiger partial charge >= 0.3 is 0 Å². The summed E-state index contributed by atoms with van der Waals surface area (Å²) in [7, 11) is 3.09. The molecular formula is C49H56N2O6. The van der Waals surface area contributed by atoms with Crippen molar-refractivity contribution in [2.24, 2.45) is 16.8 Å². The maximum Gasteiger partial charge on any atom is 0.175 e. The molecule has 5 aromatic rings. The molecule has 8 nitrogen and oxygen atoms in total. The second-order valence-corrected chi connectivity index (χ2v) is 15.3. The largest absolute Gasteiger partial charge is 0.670 e. The smallest absolute Gasteiger partial charge is 0.175 e. The molecule has 1 aliphatic rings. The summed E-state index contributed by atoms with van der Waals surface area (Å²) in [5.74, 6) is 1.05. The normalized spacial score (nSPS) is 14.1. The number of aliphatic hydroxyl groups excluding tert-OH is 1. The summed E-state index contributed by atoms with van der Waals surface area (Å²) in [5.41, 5.74) is 7.09. The standard InChI is InChI=1S/C49H56N2O6/c1-5-7-8-12-40-25-34(31-51-40)24-38(22-32-14-18-44(52)48(26-32)56-3)46(54)29-47(55)39(23-33-20-21-50-30-33)27-37-17-19-45(53)49(57-4)43(37)28-42-35(6-2)15-16-36-11-9-10-13-41(36)42/h9-11,13-21,25-26,30-31,38-39,47,52-53,55H,5-8,12,22-24,27-29H2,1-4H3/t38-,39-,47-/m1/s1. The average Bonchev–Trinajstić information content (AvgIpc) is 3.91. The number of nitrogens with zero attached hydrogens (tertiary/aromatic N) is 2. The number of aliphatic imine (C=N–C) groups is 1. The number of ether oxygens (including phenoxy) is 2. The Hall–Kier alpha value is -5.47. The van der Waals surface area contributed by atoms with Crippen molar-refractivity contribution in [1.82, 2.24) is 4.98 Å². The minimum atomic E-state index is -0.969. The van der Waals surface area contributed by atoms with Crippen LogP contribution in [-0.4, -0.2) is 47.6 Å². The van der Waals surface area contributed by atoms with Gasteiger partial charge in [0.25, 0.3) is 0 Å². The highest BCUT2D eigenvalue weighted by molar-refractivity contribution is 5.88. The third kappa shape index (κ3) is 10.3. The summed E-state index contributed by atoms with van der Waals surface area (Å²) >= 11 is 0. The van der Waals surface area contributed by atoms with Gasteiger partial charge in [0.2, 0.25) is 0 Å². The molecule has 0 radical (unpaired) electrons. The van der Waals surface area contributed by atoms with E-state index in [-0.39, 0.29) is 29.6 Å². The number of hydrogen-bond acceptors (Lipinski definition) is 7. The molecule has 6 rings (SSSR count). The number of methoxy groups -OCH3 is 2. The van der Waals surface area contributed by atoms with E-state index in [1.54, 1.807) is 31.5 Å². The molecule has 1 aliphatic heterocycles. The van der Waals surface area contributed by atoms with Crippen LogP contribution in [0.2, 0.25) is 0 Å². The molecule has 57 heavy (non-hydrogen) atoms. The van der Waals surface area contributed by atoms with Gasteiger partial charge in [0.05, 0.1) is 33.2 Å². The van der Waals surface area contributed by atoms with E-state index in [2.05, 4.69) is 60.2 Å². The van der Waals surface area contributed by atoms with Gasteiger partial charge in [0, 0.05) is 24.3 Å². The van der Waals surface area contributed by atoms with Crippen LogP contribution in [0.25, 0.3) is 10.8 Å². The third-order valence-corrected chi connectivity index (χ3v) is 11.4. The van der Waals surface area contributed by atoms with E-state index in [1.807, 2.05) is 36.7 Å². The lowest BCUT2D eigenvalue weighted by atomic mass is 9.80. The van der Waals surface area contributed by atoms with Crippen LogP contribution in [0.4, 0.5) is 0 Å². The number of Topliss-reactive ketones (excluding diaryl/α,β-unsaturated/α-hetero) is 1. The maximum absolute atomic E-state index is 14.5. The Morgan fingerprint density at radius 1 is 0.860 bits per heavy atom. The van der Waals surface area contributed by atoms with Crippen LogP contribution in [0.15, 0.2) is 102 Å². The minimum absolute atomic E-state index is 0.0377. The number of aryl methyl sites for hydroxylation is 1. The summed E-state index contributed by atoms with van der Waals surface area (Å²) in [6.07, 6.45) is 14.0. The molecule has 2 heterocycles. The molecule has 0 unspecified atom stereocenters. The van der Waals surface area contributed by atoms with Gasteiger partial charge in [0.1, 0.15) is 24.0 Å². The van der Waals surface area contributed by atoms with Gasteiger partial charge in [-0.05, 0) is 89.2 Å². The van der Waals surface area contributed by atoms with Gasteiger partial charge in [-0.3, -0.25) is 4.79 Å². The predicted molar refractivity (Wildman–Crippen MR) is 228 cm³/mol. The maximum atomic E-state index is 14.5. The van der Waals surface area contributed by atoms with Gasteiger partial charge in [-0.25, -0.2) is 0 Å². The highest BCUT2D eigenvalue weighted by Crippen LogP contribution is 2.39. The van der Waals surface area contributed by atoms with Crippen molar-refractivity contribution >= 4 is 22.8 Å². The van der Waals surface area contributed by atoms with E-state index in [4.69, 9.17) is 9.47 Å². The Morgan fingerprint density at radius 3 is 2.42 bits per heavy atom. The Bertz CT molecular complexity index is 2170. The number of aromatic hydroxyl groups is 2. The number of carbonyl (C=O) groups excluding carboxylic acids is 1. The highest BCUT2D eigenvalue weighted by Gasteiger charge is 2.33. The molecule has 0 amide bonds. The highest BCUT2D eigenvalue weighted by atomic mass is 16.5. The van der Waals surface area contributed by atoms with E-state index in [9.17, 15) is 20.1 Å². The molecule has 3 atom stereocenters. The summed E-state index contributed by atoms with van der Waals surface area (Å²) in [6, 6.07) is 23.4. The molecule has 4 aromatic carbocycles. The Morgan fingerprint density at radius 2 is 1.67 bits per heavy atom. The first-order valence-electron chi connectivity index (χ1n) is 20.3. The lowest BCUT2D eigenvalue weighted by molar-refractivity contribution is -0.125. The van der Waals surface area contributed by atoms with Crippen molar-refractivity contribution in [1.29, 1.82) is 0 Å². The van der Waals surface area contributed by atoms with Crippen molar-refractivity contribution in [3.05, 3.63) is 136 Å². The fourth-order valence-electron chi connectivity index (χ4n) is 8.25. The molecular weight excluding hydrogens is 713 g/mol. The average molecular weight is 769 g/mol. The fraction of sp³-hybridized carbons (Fsp3) is 0.367. The number of rotatable bonds is 21. The summed E-state index contributed by atoms with van der Waals surface area (Å²) in [6.45, 7) is 4.33. The van der Waals surface area contributed by atoms with E-state index in [0.29, 0.717) is 43.6 Å². The Kier molecular flexibility index (Phi) is 14.2. The molecule has 0 saturated heterocycles. The SMILES string of the molecule is CCCCCC1=C[C+](C[C@@H](Cc2ccc(O)c(OC)c2)C(=O)C[C@@H](O)[C@H](Cc2cc[n-]c2)Cc2ccc(O)c(OC)c2Cc2c(CC)ccc3ccccc23)C=N1. The van der Waals surface area contributed by atoms with Crippen LogP contribution in [-0.2, 0) is 36.9 Å². The van der Waals surface area contributed by atoms with Gasteiger partial charge in [-0.1, -0.05) is 86.8 Å². The van der Waals surface area contributed by atoms with Gasteiger partial charge in [0.15, 0.2) is 28.7 Å². The molecule has 3 N–H and O–H groups in total. The monoisotopic (exact) mass is 768 g/mol. The number of aliphatic hydroxyl groups is 1. The number of benzene rings is 4. The van der Waals surface area contributed by atoms with Crippen LogP contribution in [0.1, 0.15) is 85.8 Å². The minimum Gasteiger partial charge on any atom is -0.670 e. The number of ketones is 1. The van der Waals surface area contributed by atoms with Crippen molar-refractivity contribution in [3.8, 4) is 23.0 Å². The zero-order chi connectivity index (χ0) is 40.3. The van der Waals surface area contributed by atoms with Gasteiger partial charge in [-0.2, -0.15) is 12.4 Å². The lowest BCUT2D eigenvalue weighted by Gasteiger charge is -2.27. The molecule has 8 heteroatoms.